The smallest absolute Gasteiger partial charge is 0.342 e. The van der Waals surface area contributed by atoms with Gasteiger partial charge in [-0.2, -0.15) is 13.2 Å². The standard InChI is InChI=1S/C19H25F3N2O/c20-19(21,22)17-9-3-2-7-15(17)13-23-10-6-8-16(14-23)18(25)24-11-4-1-5-12-24/h2-3,7,9,16H,1,4-6,8,10-14H2/p+1/t16-/m1/s1. The van der Waals surface area contributed by atoms with Crippen molar-refractivity contribution in [2.75, 3.05) is 26.2 Å². The molecule has 25 heavy (non-hydrogen) atoms. The molecule has 3 rings (SSSR count). The molecule has 0 bridgehead atoms. The summed E-state index contributed by atoms with van der Waals surface area (Å²) < 4.78 is 39.5. The van der Waals surface area contributed by atoms with Crippen molar-refractivity contribution in [1.82, 2.24) is 4.90 Å². The molecule has 2 fully saturated rings. The van der Waals surface area contributed by atoms with Gasteiger partial charge in [0.15, 0.2) is 0 Å². The van der Waals surface area contributed by atoms with Gasteiger partial charge in [0.25, 0.3) is 0 Å². The molecule has 138 valence electrons. The van der Waals surface area contributed by atoms with Crippen LogP contribution in [-0.4, -0.2) is 37.0 Å². The van der Waals surface area contributed by atoms with Crippen LogP contribution in [0.25, 0.3) is 0 Å². The van der Waals surface area contributed by atoms with E-state index in [4.69, 9.17) is 0 Å². The molecule has 3 nitrogen and oxygen atoms in total. The molecule has 0 aliphatic carbocycles. The van der Waals surface area contributed by atoms with Crippen LogP contribution >= 0.6 is 0 Å². The molecular weight excluding hydrogens is 329 g/mol. The number of hydrogen-bond acceptors (Lipinski definition) is 1. The molecule has 0 radical (unpaired) electrons. The molecule has 2 aliphatic heterocycles. The van der Waals surface area contributed by atoms with Crippen molar-refractivity contribution in [3.8, 4) is 0 Å². The molecule has 2 aliphatic rings. The molecule has 0 spiro atoms. The van der Waals surface area contributed by atoms with Gasteiger partial charge in [-0.25, -0.2) is 0 Å². The van der Waals surface area contributed by atoms with Gasteiger partial charge in [0.1, 0.15) is 6.54 Å². The van der Waals surface area contributed by atoms with Gasteiger partial charge in [0.2, 0.25) is 5.91 Å². The Morgan fingerprint density at radius 1 is 1.12 bits per heavy atom. The highest BCUT2D eigenvalue weighted by Gasteiger charge is 2.36. The zero-order chi connectivity index (χ0) is 17.9. The van der Waals surface area contributed by atoms with Gasteiger partial charge in [-0.15, -0.1) is 0 Å². The molecule has 2 heterocycles. The van der Waals surface area contributed by atoms with Gasteiger partial charge in [-0.3, -0.25) is 4.79 Å². The fourth-order valence-electron chi connectivity index (χ4n) is 4.12. The highest BCUT2D eigenvalue weighted by atomic mass is 19.4. The van der Waals surface area contributed by atoms with E-state index < -0.39 is 11.7 Å². The maximum atomic E-state index is 13.2. The minimum Gasteiger partial charge on any atom is -0.342 e. The molecule has 1 unspecified atom stereocenters. The Balaban J connectivity index is 1.65. The number of rotatable bonds is 3. The summed E-state index contributed by atoms with van der Waals surface area (Å²) >= 11 is 0. The second-order valence-corrected chi connectivity index (χ2v) is 7.26. The molecule has 2 atom stereocenters. The summed E-state index contributed by atoms with van der Waals surface area (Å²) in [7, 11) is 0. The first-order chi connectivity index (χ1) is 11.9. The monoisotopic (exact) mass is 355 g/mol. The van der Waals surface area contributed by atoms with E-state index in [0.29, 0.717) is 18.7 Å². The molecule has 6 heteroatoms. The Hall–Kier alpha value is -1.56. The van der Waals surface area contributed by atoms with Crippen LogP contribution in [0.2, 0.25) is 0 Å². The van der Waals surface area contributed by atoms with E-state index in [2.05, 4.69) is 0 Å². The number of carbonyl (C=O) groups is 1. The van der Waals surface area contributed by atoms with Crippen LogP contribution in [0, 0.1) is 5.92 Å². The molecule has 0 aromatic heterocycles. The summed E-state index contributed by atoms with van der Waals surface area (Å²) in [5, 5.41) is 0. The molecule has 1 aromatic carbocycles. The zero-order valence-corrected chi connectivity index (χ0v) is 14.4. The SMILES string of the molecule is O=C([C@@H]1CCC[NH+](Cc2ccccc2C(F)(F)F)C1)N1CCCCC1. The highest BCUT2D eigenvalue weighted by Crippen LogP contribution is 2.31. The Morgan fingerprint density at radius 2 is 1.84 bits per heavy atom. The van der Waals surface area contributed by atoms with Crippen LogP contribution < -0.4 is 4.90 Å². The van der Waals surface area contributed by atoms with E-state index in [1.54, 1.807) is 12.1 Å². The number of hydrogen-bond donors (Lipinski definition) is 1. The summed E-state index contributed by atoms with van der Waals surface area (Å²) in [5.74, 6) is 0.168. The molecule has 1 amide bonds. The third kappa shape index (κ3) is 4.54. The molecule has 2 saturated heterocycles. The van der Waals surface area contributed by atoms with Crippen molar-refractivity contribution in [2.24, 2.45) is 5.92 Å². The van der Waals surface area contributed by atoms with Crippen molar-refractivity contribution in [1.29, 1.82) is 0 Å². The van der Waals surface area contributed by atoms with E-state index >= 15 is 0 Å². The number of piperidine rings is 2. The summed E-state index contributed by atoms with van der Waals surface area (Å²) in [6.45, 7) is 3.47. The zero-order valence-electron chi connectivity index (χ0n) is 14.4. The lowest BCUT2D eigenvalue weighted by Gasteiger charge is -2.34. The maximum absolute atomic E-state index is 13.2. The third-order valence-electron chi connectivity index (χ3n) is 5.40. The topological polar surface area (TPSA) is 24.8 Å². The van der Waals surface area contributed by atoms with Gasteiger partial charge >= 0.3 is 6.18 Å². The van der Waals surface area contributed by atoms with Crippen molar-refractivity contribution in [2.45, 2.75) is 44.8 Å². The van der Waals surface area contributed by atoms with Crippen LogP contribution in [-0.2, 0) is 17.5 Å². The number of halogens is 3. The summed E-state index contributed by atoms with van der Waals surface area (Å²) in [6.07, 6.45) is 0.740. The lowest BCUT2D eigenvalue weighted by atomic mass is 9.94. The summed E-state index contributed by atoms with van der Waals surface area (Å²) in [5.41, 5.74) is -0.219. The first-order valence-corrected chi connectivity index (χ1v) is 9.22. The Bertz CT molecular complexity index is 597. The second kappa shape index (κ2) is 7.77. The predicted molar refractivity (Wildman–Crippen MR) is 89.0 cm³/mol. The number of nitrogens with zero attached hydrogens (tertiary/aromatic N) is 1. The number of alkyl halides is 3. The number of likely N-dealkylation sites (tertiary alicyclic amines) is 2. The predicted octanol–water partition coefficient (Wildman–Crippen LogP) is 2.51. The van der Waals surface area contributed by atoms with Crippen LogP contribution in [0.4, 0.5) is 13.2 Å². The fourth-order valence-corrected chi connectivity index (χ4v) is 4.12. The van der Waals surface area contributed by atoms with E-state index in [1.165, 1.54) is 12.5 Å². The number of amides is 1. The molecule has 1 aromatic rings. The van der Waals surface area contributed by atoms with Gasteiger partial charge in [-0.1, -0.05) is 18.2 Å². The first kappa shape index (κ1) is 18.2. The molecule has 1 N–H and O–H groups in total. The van der Waals surface area contributed by atoms with Crippen molar-refractivity contribution < 1.29 is 22.9 Å². The quantitative estimate of drug-likeness (QED) is 0.885. The van der Waals surface area contributed by atoms with E-state index in [0.717, 1.165) is 56.3 Å². The summed E-state index contributed by atoms with van der Waals surface area (Å²) in [4.78, 5) is 15.8. The van der Waals surface area contributed by atoms with Crippen molar-refractivity contribution in [3.63, 3.8) is 0 Å². The van der Waals surface area contributed by atoms with Gasteiger partial charge < -0.3 is 9.80 Å². The number of quaternary nitrogens is 1. The molecule has 0 saturated carbocycles. The first-order valence-electron chi connectivity index (χ1n) is 9.22. The van der Waals surface area contributed by atoms with Gasteiger partial charge in [-0.05, 0) is 38.2 Å². The Labute approximate surface area is 146 Å². The van der Waals surface area contributed by atoms with E-state index in [-0.39, 0.29) is 11.8 Å². The number of carbonyl (C=O) groups excluding carboxylic acids is 1. The van der Waals surface area contributed by atoms with Gasteiger partial charge in [0, 0.05) is 18.7 Å². The van der Waals surface area contributed by atoms with Crippen LogP contribution in [0.5, 0.6) is 0 Å². The minimum atomic E-state index is -4.32. The lowest BCUT2D eigenvalue weighted by Crippen LogP contribution is -3.12. The van der Waals surface area contributed by atoms with Crippen LogP contribution in [0.15, 0.2) is 24.3 Å². The van der Waals surface area contributed by atoms with Crippen LogP contribution in [0.1, 0.15) is 43.2 Å². The highest BCUT2D eigenvalue weighted by molar-refractivity contribution is 5.79. The normalized spacial score (nSPS) is 25.0. The largest absolute Gasteiger partial charge is 0.416 e. The Kier molecular flexibility index (Phi) is 5.67. The van der Waals surface area contributed by atoms with Crippen LogP contribution in [0.3, 0.4) is 0 Å². The number of nitrogens with one attached hydrogen (secondary N) is 1. The fraction of sp³-hybridized carbons (Fsp3) is 0.632. The van der Waals surface area contributed by atoms with E-state index in [1.807, 2.05) is 4.90 Å². The average Bonchev–Trinajstić information content (AvgIpc) is 2.62. The van der Waals surface area contributed by atoms with Gasteiger partial charge in [0.05, 0.1) is 24.6 Å². The Morgan fingerprint density at radius 3 is 2.56 bits per heavy atom. The summed E-state index contributed by atoms with van der Waals surface area (Å²) in [6, 6.07) is 5.80. The van der Waals surface area contributed by atoms with E-state index in [9.17, 15) is 18.0 Å². The maximum Gasteiger partial charge on any atom is 0.416 e. The minimum absolute atomic E-state index is 0.0418. The molecular formula is C19H26F3N2O+. The third-order valence-corrected chi connectivity index (χ3v) is 5.40. The van der Waals surface area contributed by atoms with Crippen molar-refractivity contribution in [3.05, 3.63) is 35.4 Å². The second-order valence-electron chi connectivity index (χ2n) is 7.26. The average molecular weight is 355 g/mol. The van der Waals surface area contributed by atoms with Crippen molar-refractivity contribution >= 4 is 5.91 Å². The lowest BCUT2D eigenvalue weighted by molar-refractivity contribution is -0.921. The number of benzene rings is 1.